The highest BCUT2D eigenvalue weighted by molar-refractivity contribution is 5.86. The van der Waals surface area contributed by atoms with E-state index in [1.807, 2.05) is 18.2 Å². The monoisotopic (exact) mass is 329 g/mol. The van der Waals surface area contributed by atoms with Crippen molar-refractivity contribution < 1.29 is 23.8 Å². The zero-order valence-corrected chi connectivity index (χ0v) is 13.5. The van der Waals surface area contributed by atoms with Crippen LogP contribution in [0.15, 0.2) is 60.7 Å². The minimum absolute atomic E-state index is 0.104. The standard InChI is InChI=1S/C18H19NO5/c1-18(16(20)22-2,13-23-14-9-5-3-6-10-14)19-17(21)24-15-11-7-4-8-12-15/h3-12H,13H2,1-2H3,(H,19,21). The summed E-state index contributed by atoms with van der Waals surface area (Å²) in [5, 5.41) is 2.50. The fourth-order valence-electron chi connectivity index (χ4n) is 1.96. The van der Waals surface area contributed by atoms with Crippen molar-refractivity contribution in [3.8, 4) is 11.5 Å². The molecule has 0 saturated carbocycles. The SMILES string of the molecule is COC(=O)C(C)(COc1ccccc1)NC(=O)Oc1ccccc1. The summed E-state index contributed by atoms with van der Waals surface area (Å²) in [6.07, 6.45) is -0.772. The fraction of sp³-hybridized carbons (Fsp3) is 0.222. The Morgan fingerprint density at radius 1 is 0.958 bits per heavy atom. The number of hydrogen-bond acceptors (Lipinski definition) is 5. The number of esters is 1. The van der Waals surface area contributed by atoms with E-state index in [-0.39, 0.29) is 6.61 Å². The maximum Gasteiger partial charge on any atom is 0.413 e. The summed E-state index contributed by atoms with van der Waals surface area (Å²) >= 11 is 0. The van der Waals surface area contributed by atoms with E-state index in [1.54, 1.807) is 42.5 Å². The summed E-state index contributed by atoms with van der Waals surface area (Å²) in [6.45, 7) is 1.40. The highest BCUT2D eigenvalue weighted by atomic mass is 16.6. The molecule has 2 rings (SSSR count). The number of amides is 1. The first-order chi connectivity index (χ1) is 11.5. The summed E-state index contributed by atoms with van der Waals surface area (Å²) in [4.78, 5) is 24.1. The number of rotatable bonds is 6. The molecule has 0 aliphatic carbocycles. The molecule has 0 radical (unpaired) electrons. The van der Waals surface area contributed by atoms with Crippen molar-refractivity contribution in [1.82, 2.24) is 5.32 Å². The number of carbonyl (C=O) groups is 2. The first-order valence-electron chi connectivity index (χ1n) is 7.35. The Bertz CT molecular complexity index is 674. The zero-order chi connectivity index (χ0) is 17.4. The summed E-state index contributed by atoms with van der Waals surface area (Å²) in [5.41, 5.74) is -1.39. The molecule has 0 fully saturated rings. The zero-order valence-electron chi connectivity index (χ0n) is 13.5. The van der Waals surface area contributed by atoms with Crippen LogP contribution in [0.25, 0.3) is 0 Å². The van der Waals surface area contributed by atoms with E-state index in [9.17, 15) is 9.59 Å². The lowest BCUT2D eigenvalue weighted by Crippen LogP contribution is -2.57. The van der Waals surface area contributed by atoms with E-state index in [0.717, 1.165) is 0 Å². The summed E-state index contributed by atoms with van der Waals surface area (Å²) < 4.78 is 15.5. The van der Waals surface area contributed by atoms with E-state index in [2.05, 4.69) is 5.32 Å². The Morgan fingerprint density at radius 3 is 2.04 bits per heavy atom. The lowest BCUT2D eigenvalue weighted by atomic mass is 10.0. The molecular weight excluding hydrogens is 310 g/mol. The van der Waals surface area contributed by atoms with Gasteiger partial charge in [-0.1, -0.05) is 36.4 Å². The van der Waals surface area contributed by atoms with Gasteiger partial charge in [0.1, 0.15) is 18.1 Å². The molecule has 1 atom stereocenters. The third kappa shape index (κ3) is 4.74. The molecule has 24 heavy (non-hydrogen) atoms. The molecule has 0 bridgehead atoms. The summed E-state index contributed by atoms with van der Waals surface area (Å²) in [5.74, 6) is 0.306. The largest absolute Gasteiger partial charge is 0.491 e. The number of para-hydroxylation sites is 2. The van der Waals surface area contributed by atoms with Crippen molar-refractivity contribution in [1.29, 1.82) is 0 Å². The maximum atomic E-state index is 12.1. The predicted molar refractivity (Wildman–Crippen MR) is 88.0 cm³/mol. The van der Waals surface area contributed by atoms with Crippen molar-refractivity contribution in [3.05, 3.63) is 60.7 Å². The topological polar surface area (TPSA) is 73.9 Å². The van der Waals surface area contributed by atoms with Crippen LogP contribution < -0.4 is 14.8 Å². The van der Waals surface area contributed by atoms with E-state index >= 15 is 0 Å². The second kappa shape index (κ2) is 8.01. The third-order valence-electron chi connectivity index (χ3n) is 3.24. The highest BCUT2D eigenvalue weighted by Crippen LogP contribution is 2.15. The first-order valence-corrected chi connectivity index (χ1v) is 7.35. The molecule has 6 nitrogen and oxygen atoms in total. The van der Waals surface area contributed by atoms with Crippen LogP contribution in [0.3, 0.4) is 0 Å². The molecule has 0 heterocycles. The smallest absolute Gasteiger partial charge is 0.413 e. The van der Waals surface area contributed by atoms with E-state index in [4.69, 9.17) is 14.2 Å². The Labute approximate surface area is 140 Å². The fourth-order valence-corrected chi connectivity index (χ4v) is 1.96. The number of carbonyl (C=O) groups excluding carboxylic acids is 2. The minimum Gasteiger partial charge on any atom is -0.491 e. The van der Waals surface area contributed by atoms with Crippen LogP contribution in [0, 0.1) is 0 Å². The van der Waals surface area contributed by atoms with Crippen LogP contribution in [0.4, 0.5) is 4.79 Å². The molecule has 1 unspecified atom stereocenters. The van der Waals surface area contributed by atoms with Crippen molar-refractivity contribution in [2.24, 2.45) is 0 Å². The molecular formula is C18H19NO5. The number of ether oxygens (including phenoxy) is 3. The molecule has 6 heteroatoms. The van der Waals surface area contributed by atoms with Crippen LogP contribution in [-0.4, -0.2) is 31.3 Å². The second-order valence-corrected chi connectivity index (χ2v) is 5.25. The second-order valence-electron chi connectivity index (χ2n) is 5.25. The van der Waals surface area contributed by atoms with E-state index in [0.29, 0.717) is 11.5 Å². The third-order valence-corrected chi connectivity index (χ3v) is 3.24. The van der Waals surface area contributed by atoms with Gasteiger partial charge in [0.15, 0.2) is 5.54 Å². The number of benzene rings is 2. The van der Waals surface area contributed by atoms with E-state index in [1.165, 1.54) is 14.0 Å². The van der Waals surface area contributed by atoms with Gasteiger partial charge in [0, 0.05) is 0 Å². The Morgan fingerprint density at radius 2 is 1.50 bits per heavy atom. The normalized spacial score (nSPS) is 12.6. The molecule has 2 aromatic rings. The number of nitrogens with one attached hydrogen (secondary N) is 1. The van der Waals surface area contributed by atoms with Crippen molar-refractivity contribution in [2.45, 2.75) is 12.5 Å². The molecule has 1 N–H and O–H groups in total. The molecule has 126 valence electrons. The van der Waals surface area contributed by atoms with Gasteiger partial charge in [0.05, 0.1) is 7.11 Å². The summed E-state index contributed by atoms with van der Waals surface area (Å²) in [7, 11) is 1.24. The Balaban J connectivity index is 2.03. The van der Waals surface area contributed by atoms with Crippen molar-refractivity contribution in [2.75, 3.05) is 13.7 Å². The average molecular weight is 329 g/mol. The first kappa shape index (κ1) is 17.3. The van der Waals surface area contributed by atoms with E-state index < -0.39 is 17.6 Å². The average Bonchev–Trinajstić information content (AvgIpc) is 2.61. The van der Waals surface area contributed by atoms with Gasteiger partial charge in [-0.15, -0.1) is 0 Å². The lowest BCUT2D eigenvalue weighted by molar-refractivity contribution is -0.148. The molecule has 0 saturated heterocycles. The number of hydrogen-bond donors (Lipinski definition) is 1. The Hall–Kier alpha value is -3.02. The quantitative estimate of drug-likeness (QED) is 0.825. The van der Waals surface area contributed by atoms with Gasteiger partial charge in [-0.05, 0) is 31.2 Å². The maximum absolute atomic E-state index is 12.1. The van der Waals surface area contributed by atoms with Crippen LogP contribution in [0.5, 0.6) is 11.5 Å². The molecule has 0 aliphatic heterocycles. The van der Waals surface area contributed by atoms with Gasteiger partial charge >= 0.3 is 12.1 Å². The predicted octanol–water partition coefficient (Wildman–Crippen LogP) is 2.79. The molecule has 0 aromatic heterocycles. The van der Waals surface area contributed by atoms with Gasteiger partial charge in [-0.2, -0.15) is 0 Å². The van der Waals surface area contributed by atoms with Gasteiger partial charge in [-0.3, -0.25) is 0 Å². The molecule has 0 spiro atoms. The molecule has 2 aromatic carbocycles. The minimum atomic E-state index is -1.39. The van der Waals surface area contributed by atoms with Gasteiger partial charge < -0.3 is 19.5 Å². The van der Waals surface area contributed by atoms with Crippen LogP contribution in [0.2, 0.25) is 0 Å². The van der Waals surface area contributed by atoms with Gasteiger partial charge in [0.25, 0.3) is 0 Å². The summed E-state index contributed by atoms with van der Waals surface area (Å²) in [6, 6.07) is 17.5. The number of methoxy groups -OCH3 is 1. The molecule has 0 aliphatic rings. The van der Waals surface area contributed by atoms with Crippen molar-refractivity contribution in [3.63, 3.8) is 0 Å². The molecule has 1 amide bonds. The van der Waals surface area contributed by atoms with Crippen molar-refractivity contribution >= 4 is 12.1 Å². The van der Waals surface area contributed by atoms with Gasteiger partial charge in [0.2, 0.25) is 0 Å². The highest BCUT2D eigenvalue weighted by Gasteiger charge is 2.38. The van der Waals surface area contributed by atoms with Crippen LogP contribution >= 0.6 is 0 Å². The van der Waals surface area contributed by atoms with Gasteiger partial charge in [-0.25, -0.2) is 9.59 Å². The Kier molecular flexibility index (Phi) is 5.78. The van der Waals surface area contributed by atoms with Crippen LogP contribution in [0.1, 0.15) is 6.92 Å². The van der Waals surface area contributed by atoms with Crippen LogP contribution in [-0.2, 0) is 9.53 Å². The lowest BCUT2D eigenvalue weighted by Gasteiger charge is -2.27.